The van der Waals surface area contributed by atoms with E-state index in [1.165, 1.54) is 6.20 Å². The van der Waals surface area contributed by atoms with E-state index >= 15 is 0 Å². The number of halogens is 1. The van der Waals surface area contributed by atoms with Crippen molar-refractivity contribution in [1.29, 1.82) is 0 Å². The van der Waals surface area contributed by atoms with Crippen LogP contribution in [-0.2, 0) is 6.61 Å². The maximum absolute atomic E-state index is 12.0. The predicted octanol–water partition coefficient (Wildman–Crippen LogP) is 4.19. The molecule has 0 atom stereocenters. The number of pyridine rings is 1. The molecule has 0 bridgehead atoms. The number of benzene rings is 2. The lowest BCUT2D eigenvalue weighted by Gasteiger charge is -2.09. The molecule has 1 N–H and O–H groups in total. The lowest BCUT2D eigenvalue weighted by Crippen LogP contribution is -2.17. The molecule has 0 aliphatic rings. The van der Waals surface area contributed by atoms with E-state index in [-0.39, 0.29) is 5.91 Å². The highest BCUT2D eigenvalue weighted by Gasteiger charge is 2.05. The summed E-state index contributed by atoms with van der Waals surface area (Å²) in [4.78, 5) is 15.9. The predicted molar refractivity (Wildman–Crippen MR) is 104 cm³/mol. The zero-order valence-electron chi connectivity index (χ0n) is 13.8. The molecule has 0 radical (unpaired) electrons. The SMILES string of the molecule is O=C(NN=Cc1cc(Br)ccc1OCc1ccccc1)c1cccnc1. The Morgan fingerprint density at radius 3 is 2.77 bits per heavy atom. The molecule has 0 saturated carbocycles. The molecule has 2 aromatic carbocycles. The van der Waals surface area contributed by atoms with Gasteiger partial charge in [0.1, 0.15) is 12.4 Å². The summed E-state index contributed by atoms with van der Waals surface area (Å²) in [7, 11) is 0. The van der Waals surface area contributed by atoms with E-state index in [2.05, 4.69) is 31.4 Å². The normalized spacial score (nSPS) is 10.7. The van der Waals surface area contributed by atoms with Crippen LogP contribution in [0.4, 0.5) is 0 Å². The Bertz CT molecular complexity index is 899. The molecular formula is C20H16BrN3O2. The van der Waals surface area contributed by atoms with Crippen molar-refractivity contribution in [3.63, 3.8) is 0 Å². The lowest BCUT2D eigenvalue weighted by atomic mass is 10.2. The summed E-state index contributed by atoms with van der Waals surface area (Å²) in [6.45, 7) is 0.450. The van der Waals surface area contributed by atoms with Gasteiger partial charge < -0.3 is 4.74 Å². The number of ether oxygens (including phenoxy) is 1. The second-order valence-electron chi connectivity index (χ2n) is 5.40. The Morgan fingerprint density at radius 2 is 2.00 bits per heavy atom. The number of carbonyl (C=O) groups is 1. The van der Waals surface area contributed by atoms with Crippen LogP contribution >= 0.6 is 15.9 Å². The van der Waals surface area contributed by atoms with Gasteiger partial charge >= 0.3 is 0 Å². The average Bonchev–Trinajstić information content (AvgIpc) is 2.69. The minimum absolute atomic E-state index is 0.323. The Labute approximate surface area is 159 Å². The van der Waals surface area contributed by atoms with Gasteiger partial charge in [0, 0.05) is 22.4 Å². The van der Waals surface area contributed by atoms with Crippen molar-refractivity contribution in [2.45, 2.75) is 6.61 Å². The molecule has 1 amide bonds. The number of aromatic nitrogens is 1. The van der Waals surface area contributed by atoms with Gasteiger partial charge in [0.25, 0.3) is 5.91 Å². The summed E-state index contributed by atoms with van der Waals surface area (Å²) < 4.78 is 6.78. The third-order valence-corrected chi connectivity index (χ3v) is 4.00. The number of nitrogens with one attached hydrogen (secondary N) is 1. The van der Waals surface area contributed by atoms with Crippen LogP contribution in [0.1, 0.15) is 21.5 Å². The van der Waals surface area contributed by atoms with Crippen molar-refractivity contribution in [2.24, 2.45) is 5.10 Å². The first-order chi connectivity index (χ1) is 12.7. The van der Waals surface area contributed by atoms with E-state index in [1.54, 1.807) is 24.5 Å². The molecule has 6 heteroatoms. The van der Waals surface area contributed by atoms with Crippen LogP contribution in [0.15, 0.2) is 82.6 Å². The fourth-order valence-corrected chi connectivity index (χ4v) is 2.59. The number of amides is 1. The molecule has 3 aromatic rings. The summed E-state index contributed by atoms with van der Waals surface area (Å²) in [6.07, 6.45) is 4.65. The van der Waals surface area contributed by atoms with Gasteiger partial charge in [-0.25, -0.2) is 5.43 Å². The molecule has 0 unspecified atom stereocenters. The average molecular weight is 410 g/mol. The second kappa shape index (κ2) is 8.92. The van der Waals surface area contributed by atoms with Crippen molar-refractivity contribution in [2.75, 3.05) is 0 Å². The number of carbonyl (C=O) groups excluding carboxylic acids is 1. The van der Waals surface area contributed by atoms with Crippen LogP contribution in [0.5, 0.6) is 5.75 Å². The molecule has 0 spiro atoms. The molecule has 1 aromatic heterocycles. The first kappa shape index (κ1) is 17.8. The van der Waals surface area contributed by atoms with E-state index in [1.807, 2.05) is 48.5 Å². The van der Waals surface area contributed by atoms with Gasteiger partial charge in [0.05, 0.1) is 11.8 Å². The summed E-state index contributed by atoms with van der Waals surface area (Å²) in [5.41, 5.74) is 4.76. The fraction of sp³-hybridized carbons (Fsp3) is 0.0500. The van der Waals surface area contributed by atoms with E-state index in [4.69, 9.17) is 4.74 Å². The first-order valence-corrected chi connectivity index (χ1v) is 8.71. The highest BCUT2D eigenvalue weighted by atomic mass is 79.9. The summed E-state index contributed by atoms with van der Waals surface area (Å²) >= 11 is 3.44. The Hall–Kier alpha value is -2.99. The Morgan fingerprint density at radius 1 is 1.15 bits per heavy atom. The number of rotatable bonds is 6. The van der Waals surface area contributed by atoms with Crippen molar-refractivity contribution in [1.82, 2.24) is 10.4 Å². The minimum Gasteiger partial charge on any atom is -0.488 e. The summed E-state index contributed by atoms with van der Waals surface area (Å²) in [5.74, 6) is 0.354. The van der Waals surface area contributed by atoms with Gasteiger partial charge in [-0.3, -0.25) is 9.78 Å². The molecular weight excluding hydrogens is 394 g/mol. The molecule has 0 aliphatic heterocycles. The van der Waals surface area contributed by atoms with Gasteiger partial charge in [0.15, 0.2) is 0 Å². The van der Waals surface area contributed by atoms with Crippen LogP contribution < -0.4 is 10.2 Å². The van der Waals surface area contributed by atoms with Gasteiger partial charge in [0.2, 0.25) is 0 Å². The molecule has 26 heavy (non-hydrogen) atoms. The van der Waals surface area contributed by atoms with Gasteiger partial charge in [-0.05, 0) is 35.9 Å². The highest BCUT2D eigenvalue weighted by molar-refractivity contribution is 9.10. The molecule has 3 rings (SSSR count). The lowest BCUT2D eigenvalue weighted by molar-refractivity contribution is 0.0954. The van der Waals surface area contributed by atoms with Crippen molar-refractivity contribution in [3.05, 3.63) is 94.2 Å². The van der Waals surface area contributed by atoms with Gasteiger partial charge in [-0.1, -0.05) is 46.3 Å². The molecule has 1 heterocycles. The largest absolute Gasteiger partial charge is 0.488 e. The van der Waals surface area contributed by atoms with E-state index in [0.29, 0.717) is 17.9 Å². The highest BCUT2D eigenvalue weighted by Crippen LogP contribution is 2.22. The maximum Gasteiger partial charge on any atom is 0.272 e. The molecule has 0 saturated heterocycles. The van der Waals surface area contributed by atoms with Crippen molar-refractivity contribution < 1.29 is 9.53 Å². The maximum atomic E-state index is 12.0. The third-order valence-electron chi connectivity index (χ3n) is 3.50. The number of hydrogen-bond donors (Lipinski definition) is 1. The zero-order chi connectivity index (χ0) is 18.2. The standard InChI is InChI=1S/C20H16BrN3O2/c21-18-8-9-19(26-14-15-5-2-1-3-6-15)17(11-18)13-23-24-20(25)16-7-4-10-22-12-16/h1-13H,14H2,(H,24,25). The van der Waals surface area contributed by atoms with Crippen LogP contribution in [0.3, 0.4) is 0 Å². The third kappa shape index (κ3) is 5.00. The van der Waals surface area contributed by atoms with Crippen LogP contribution in [0.25, 0.3) is 0 Å². The smallest absolute Gasteiger partial charge is 0.272 e. The second-order valence-corrected chi connectivity index (χ2v) is 6.31. The van der Waals surface area contributed by atoms with Crippen LogP contribution in [-0.4, -0.2) is 17.1 Å². The number of hydrazone groups is 1. The quantitative estimate of drug-likeness (QED) is 0.490. The van der Waals surface area contributed by atoms with Crippen LogP contribution in [0, 0.1) is 0 Å². The van der Waals surface area contributed by atoms with E-state index < -0.39 is 0 Å². The van der Waals surface area contributed by atoms with Crippen LogP contribution in [0.2, 0.25) is 0 Å². The van der Waals surface area contributed by atoms with Gasteiger partial charge in [-0.2, -0.15) is 5.10 Å². The molecule has 130 valence electrons. The molecule has 5 nitrogen and oxygen atoms in total. The van der Waals surface area contributed by atoms with E-state index in [0.717, 1.165) is 15.6 Å². The molecule has 0 fully saturated rings. The fourth-order valence-electron chi connectivity index (χ4n) is 2.21. The number of nitrogens with zero attached hydrogens (tertiary/aromatic N) is 2. The van der Waals surface area contributed by atoms with Gasteiger partial charge in [-0.15, -0.1) is 0 Å². The summed E-state index contributed by atoms with van der Waals surface area (Å²) in [6, 6.07) is 18.9. The zero-order valence-corrected chi connectivity index (χ0v) is 15.4. The van der Waals surface area contributed by atoms with E-state index in [9.17, 15) is 4.79 Å². The topological polar surface area (TPSA) is 63.6 Å². The monoisotopic (exact) mass is 409 g/mol. The Balaban J connectivity index is 1.68. The molecule has 0 aliphatic carbocycles. The Kier molecular flexibility index (Phi) is 6.11. The van der Waals surface area contributed by atoms with Crippen molar-refractivity contribution >= 4 is 28.1 Å². The summed E-state index contributed by atoms with van der Waals surface area (Å²) in [5, 5.41) is 4.02. The minimum atomic E-state index is -0.323. The first-order valence-electron chi connectivity index (χ1n) is 7.92. The van der Waals surface area contributed by atoms with Crippen molar-refractivity contribution in [3.8, 4) is 5.75 Å². The number of hydrogen-bond acceptors (Lipinski definition) is 4.